The minimum absolute atomic E-state index is 0.165. The van der Waals surface area contributed by atoms with Gasteiger partial charge in [0.1, 0.15) is 0 Å². The van der Waals surface area contributed by atoms with E-state index in [0.29, 0.717) is 12.0 Å². The Hall–Kier alpha value is -2.74. The molecule has 0 unspecified atom stereocenters. The molecule has 2 N–H and O–H groups in total. The van der Waals surface area contributed by atoms with Crippen LogP contribution in [0, 0.1) is 13.8 Å². The molecule has 1 aliphatic carbocycles. The van der Waals surface area contributed by atoms with Gasteiger partial charge in [0.15, 0.2) is 5.65 Å². The Bertz CT molecular complexity index is 901. The Balaban J connectivity index is 1.57. The number of hydrogen-bond donors (Lipinski definition) is 2. The van der Waals surface area contributed by atoms with Crippen molar-refractivity contribution in [2.75, 3.05) is 0 Å². The van der Waals surface area contributed by atoms with E-state index in [1.807, 2.05) is 19.9 Å². The zero-order valence-electron chi connectivity index (χ0n) is 13.4. The maximum atomic E-state index is 12.6. The number of nitrogens with one attached hydrogen (secondary N) is 1. The van der Waals surface area contributed by atoms with Crippen LogP contribution in [0.2, 0.25) is 0 Å². The number of carbonyl (C=O) groups excluding carboxylic acids is 1. The third-order valence-electron chi connectivity index (χ3n) is 4.54. The molecular formula is C16H18N6O2. The van der Waals surface area contributed by atoms with E-state index >= 15 is 0 Å². The number of aliphatic hydroxyl groups excluding tert-OH is 1. The van der Waals surface area contributed by atoms with E-state index in [1.165, 1.54) is 0 Å². The lowest BCUT2D eigenvalue weighted by Gasteiger charge is -2.41. The summed E-state index contributed by atoms with van der Waals surface area (Å²) in [6, 6.07) is 3.26. The van der Waals surface area contributed by atoms with Gasteiger partial charge in [0, 0.05) is 24.7 Å². The van der Waals surface area contributed by atoms with Crippen LogP contribution < -0.4 is 5.32 Å². The van der Waals surface area contributed by atoms with Gasteiger partial charge in [-0.25, -0.2) is 9.50 Å². The Morgan fingerprint density at radius 3 is 2.96 bits per heavy atom. The van der Waals surface area contributed by atoms with Crippen LogP contribution in [0.15, 0.2) is 30.7 Å². The van der Waals surface area contributed by atoms with Gasteiger partial charge in [-0.2, -0.15) is 10.2 Å². The summed E-state index contributed by atoms with van der Waals surface area (Å²) >= 11 is 0. The minimum atomic E-state index is -0.509. The highest BCUT2D eigenvalue weighted by Gasteiger charge is 2.42. The fourth-order valence-corrected chi connectivity index (χ4v) is 3.21. The van der Waals surface area contributed by atoms with Gasteiger partial charge < -0.3 is 10.4 Å². The lowest BCUT2D eigenvalue weighted by Crippen LogP contribution is -2.56. The molecule has 8 heteroatoms. The first-order valence-electron chi connectivity index (χ1n) is 7.84. The summed E-state index contributed by atoms with van der Waals surface area (Å²) in [6.07, 6.45) is 5.01. The molecule has 0 saturated heterocycles. The van der Waals surface area contributed by atoms with Crippen molar-refractivity contribution in [3.8, 4) is 0 Å². The maximum absolute atomic E-state index is 12.6. The average Bonchev–Trinajstić information content (AvgIpc) is 3.16. The highest BCUT2D eigenvalue weighted by molar-refractivity contribution is 5.95. The molecule has 1 fully saturated rings. The number of carbonyl (C=O) groups is 1. The van der Waals surface area contributed by atoms with Crippen molar-refractivity contribution >= 4 is 11.6 Å². The van der Waals surface area contributed by atoms with Gasteiger partial charge in [0.25, 0.3) is 5.91 Å². The number of aryl methyl sites for hydroxylation is 2. The van der Waals surface area contributed by atoms with Gasteiger partial charge in [0.2, 0.25) is 0 Å². The van der Waals surface area contributed by atoms with E-state index < -0.39 is 6.10 Å². The summed E-state index contributed by atoms with van der Waals surface area (Å²) < 4.78 is 3.36. The Labute approximate surface area is 138 Å². The smallest absolute Gasteiger partial charge is 0.254 e. The van der Waals surface area contributed by atoms with Gasteiger partial charge >= 0.3 is 0 Å². The fourth-order valence-electron chi connectivity index (χ4n) is 3.21. The molecule has 3 aromatic heterocycles. The molecule has 8 nitrogen and oxygen atoms in total. The lowest BCUT2D eigenvalue weighted by atomic mass is 9.83. The molecule has 1 amide bonds. The van der Waals surface area contributed by atoms with Crippen molar-refractivity contribution in [1.29, 1.82) is 0 Å². The summed E-state index contributed by atoms with van der Waals surface area (Å²) in [5.41, 5.74) is 2.78. The number of rotatable bonds is 3. The number of aliphatic hydroxyl groups is 1. The van der Waals surface area contributed by atoms with Gasteiger partial charge in [-0.15, -0.1) is 0 Å². The monoisotopic (exact) mass is 326 g/mol. The Morgan fingerprint density at radius 1 is 1.42 bits per heavy atom. The molecule has 0 aromatic carbocycles. The van der Waals surface area contributed by atoms with Gasteiger partial charge in [-0.1, -0.05) is 0 Å². The Kier molecular flexibility index (Phi) is 3.34. The molecule has 3 aromatic rings. The minimum Gasteiger partial charge on any atom is -0.391 e. The van der Waals surface area contributed by atoms with Crippen LogP contribution in [0.1, 0.15) is 34.2 Å². The standard InChI is InChI=1S/C16H18N6O2/c1-9-6-14-17-8-11(10(2)22(14)20-9)16(24)19-12-7-13(23)15(12)21-5-3-4-18-21/h3-6,8,12-13,15,23H,7H2,1-2H3,(H,19,24)/t12-,13+,15+/m0/s1. The highest BCUT2D eigenvalue weighted by atomic mass is 16.3. The SMILES string of the molecule is Cc1cc2ncc(C(=O)N[C@H]3C[C@@H](O)[C@@H]3n3cccn3)c(C)n2n1. The van der Waals surface area contributed by atoms with E-state index in [0.717, 1.165) is 17.0 Å². The normalized spacial score (nSPS) is 23.2. The van der Waals surface area contributed by atoms with Gasteiger partial charge in [-0.3, -0.25) is 9.48 Å². The predicted molar refractivity (Wildman–Crippen MR) is 85.6 cm³/mol. The summed E-state index contributed by atoms with van der Waals surface area (Å²) in [6.45, 7) is 3.73. The van der Waals surface area contributed by atoms with Gasteiger partial charge in [0.05, 0.1) is 35.1 Å². The van der Waals surface area contributed by atoms with Gasteiger partial charge in [-0.05, 0) is 26.3 Å². The van der Waals surface area contributed by atoms with E-state index in [1.54, 1.807) is 33.9 Å². The van der Waals surface area contributed by atoms with E-state index in [2.05, 4.69) is 20.5 Å². The van der Waals surface area contributed by atoms with Crippen LogP contribution in [-0.4, -0.2) is 47.5 Å². The van der Waals surface area contributed by atoms with Crippen LogP contribution in [0.5, 0.6) is 0 Å². The second-order valence-electron chi connectivity index (χ2n) is 6.17. The summed E-state index contributed by atoms with van der Waals surface area (Å²) in [7, 11) is 0. The zero-order valence-corrected chi connectivity index (χ0v) is 13.4. The lowest BCUT2D eigenvalue weighted by molar-refractivity contribution is -0.00590. The predicted octanol–water partition coefficient (Wildman–Crippen LogP) is 0.647. The van der Waals surface area contributed by atoms with Crippen LogP contribution in [0.4, 0.5) is 0 Å². The molecule has 0 aliphatic heterocycles. The first kappa shape index (κ1) is 14.8. The number of fused-ring (bicyclic) bond motifs is 1. The topological polar surface area (TPSA) is 97.3 Å². The largest absolute Gasteiger partial charge is 0.391 e. The van der Waals surface area contributed by atoms with E-state index in [9.17, 15) is 9.90 Å². The summed E-state index contributed by atoms with van der Waals surface area (Å²) in [4.78, 5) is 16.9. The third-order valence-corrected chi connectivity index (χ3v) is 4.54. The summed E-state index contributed by atoms with van der Waals surface area (Å²) in [5, 5.41) is 21.5. The molecule has 3 heterocycles. The Morgan fingerprint density at radius 2 is 2.25 bits per heavy atom. The molecule has 1 aliphatic rings. The molecular weight excluding hydrogens is 308 g/mol. The van der Waals surface area contributed by atoms with Crippen LogP contribution in [0.3, 0.4) is 0 Å². The van der Waals surface area contributed by atoms with Crippen molar-refractivity contribution in [2.24, 2.45) is 0 Å². The van der Waals surface area contributed by atoms with E-state index in [-0.39, 0.29) is 18.0 Å². The molecule has 124 valence electrons. The van der Waals surface area contributed by atoms with Crippen molar-refractivity contribution < 1.29 is 9.90 Å². The molecule has 0 bridgehead atoms. The van der Waals surface area contributed by atoms with E-state index in [4.69, 9.17) is 0 Å². The van der Waals surface area contributed by atoms with Crippen molar-refractivity contribution in [2.45, 2.75) is 38.5 Å². The molecule has 0 spiro atoms. The summed E-state index contributed by atoms with van der Waals surface area (Å²) in [5.74, 6) is -0.218. The molecule has 3 atom stereocenters. The molecule has 24 heavy (non-hydrogen) atoms. The second-order valence-corrected chi connectivity index (χ2v) is 6.17. The van der Waals surface area contributed by atoms with Crippen molar-refractivity contribution in [1.82, 2.24) is 29.7 Å². The number of aromatic nitrogens is 5. The number of hydrogen-bond acceptors (Lipinski definition) is 5. The van der Waals surface area contributed by atoms with Crippen LogP contribution in [-0.2, 0) is 0 Å². The first-order chi connectivity index (χ1) is 11.5. The first-order valence-corrected chi connectivity index (χ1v) is 7.84. The molecule has 1 saturated carbocycles. The number of nitrogens with zero attached hydrogens (tertiary/aromatic N) is 5. The van der Waals surface area contributed by atoms with Crippen LogP contribution in [0.25, 0.3) is 5.65 Å². The fraction of sp³-hybridized carbons (Fsp3) is 0.375. The van der Waals surface area contributed by atoms with Crippen molar-refractivity contribution in [3.63, 3.8) is 0 Å². The maximum Gasteiger partial charge on any atom is 0.254 e. The van der Waals surface area contributed by atoms with Crippen LogP contribution >= 0.6 is 0 Å². The quantitative estimate of drug-likeness (QED) is 0.736. The second kappa shape index (κ2) is 5.41. The molecule has 4 rings (SSSR count). The highest BCUT2D eigenvalue weighted by Crippen LogP contribution is 2.32. The molecule has 0 radical (unpaired) electrons. The van der Waals surface area contributed by atoms with Crippen molar-refractivity contribution in [3.05, 3.63) is 47.7 Å². The third kappa shape index (κ3) is 2.26. The average molecular weight is 326 g/mol. The number of amides is 1. The zero-order chi connectivity index (χ0) is 16.8.